The van der Waals surface area contributed by atoms with Crippen LogP contribution >= 0.6 is 23.2 Å². The maximum atomic E-state index is 12.4. The summed E-state index contributed by atoms with van der Waals surface area (Å²) in [5.41, 5.74) is 1.53. The highest BCUT2D eigenvalue weighted by Crippen LogP contribution is 2.22. The highest BCUT2D eigenvalue weighted by atomic mass is 35.5. The molecule has 2 aromatic rings. The third kappa shape index (κ3) is 4.33. The molecule has 2 aromatic carbocycles. The number of carbonyl (C=O) groups excluding carboxylic acids is 2. The van der Waals surface area contributed by atoms with E-state index in [1.54, 1.807) is 36.4 Å². The smallest absolute Gasteiger partial charge is 0.257 e. The Morgan fingerprint density at radius 2 is 1.60 bits per heavy atom. The van der Waals surface area contributed by atoms with Gasteiger partial charge >= 0.3 is 0 Å². The number of carbonyl (C=O) groups is 2. The molecule has 1 saturated heterocycles. The lowest BCUT2D eigenvalue weighted by atomic mass is 10.1. The lowest BCUT2D eigenvalue weighted by molar-refractivity contribution is 0.0724. The highest BCUT2D eigenvalue weighted by molar-refractivity contribution is 6.36. The molecule has 6 heteroatoms. The summed E-state index contributed by atoms with van der Waals surface area (Å²) >= 11 is 12.0. The molecule has 3 rings (SSSR count). The van der Waals surface area contributed by atoms with Crippen LogP contribution in [0.15, 0.2) is 42.5 Å². The molecule has 1 aliphatic rings. The van der Waals surface area contributed by atoms with Crippen LogP contribution in [0.5, 0.6) is 0 Å². The van der Waals surface area contributed by atoms with Crippen LogP contribution in [0.25, 0.3) is 0 Å². The second-order valence-corrected chi connectivity index (χ2v) is 6.85. The molecule has 1 N–H and O–H groups in total. The van der Waals surface area contributed by atoms with E-state index in [1.807, 2.05) is 4.90 Å². The average Bonchev–Trinajstić information content (AvgIpc) is 2.64. The number of rotatable bonds is 3. The van der Waals surface area contributed by atoms with Gasteiger partial charge in [0.2, 0.25) is 0 Å². The van der Waals surface area contributed by atoms with Crippen molar-refractivity contribution in [1.82, 2.24) is 4.90 Å². The van der Waals surface area contributed by atoms with Gasteiger partial charge in [-0.3, -0.25) is 9.59 Å². The fourth-order valence-electron chi connectivity index (χ4n) is 2.85. The first-order valence-electron chi connectivity index (χ1n) is 8.20. The van der Waals surface area contributed by atoms with Crippen molar-refractivity contribution in [3.8, 4) is 0 Å². The van der Waals surface area contributed by atoms with E-state index in [2.05, 4.69) is 5.32 Å². The summed E-state index contributed by atoms with van der Waals surface area (Å²) in [5.74, 6) is -0.307. The number of hydrogen-bond donors (Lipinski definition) is 1. The van der Waals surface area contributed by atoms with E-state index in [0.717, 1.165) is 25.9 Å². The topological polar surface area (TPSA) is 49.4 Å². The molecule has 1 aliphatic heterocycles. The van der Waals surface area contributed by atoms with E-state index in [4.69, 9.17) is 23.2 Å². The van der Waals surface area contributed by atoms with Crippen LogP contribution in [-0.2, 0) is 0 Å². The van der Waals surface area contributed by atoms with Crippen molar-refractivity contribution in [2.75, 3.05) is 18.4 Å². The van der Waals surface area contributed by atoms with Crippen LogP contribution in [0.4, 0.5) is 5.69 Å². The normalized spacial score (nSPS) is 14.2. The van der Waals surface area contributed by atoms with Crippen LogP contribution in [0.2, 0.25) is 10.0 Å². The van der Waals surface area contributed by atoms with Crippen LogP contribution in [0.1, 0.15) is 40.0 Å². The first kappa shape index (κ1) is 17.8. The van der Waals surface area contributed by atoms with Crippen molar-refractivity contribution in [1.29, 1.82) is 0 Å². The van der Waals surface area contributed by atoms with Crippen molar-refractivity contribution >= 4 is 40.7 Å². The fraction of sp³-hybridized carbons (Fsp3) is 0.263. The molecular formula is C19H18Cl2N2O2. The molecule has 0 atom stereocenters. The van der Waals surface area contributed by atoms with Crippen LogP contribution in [-0.4, -0.2) is 29.8 Å². The number of halogens is 2. The van der Waals surface area contributed by atoms with Crippen molar-refractivity contribution < 1.29 is 9.59 Å². The van der Waals surface area contributed by atoms with Gasteiger partial charge in [0.25, 0.3) is 11.8 Å². The van der Waals surface area contributed by atoms with Gasteiger partial charge in [-0.1, -0.05) is 23.2 Å². The number of nitrogens with zero attached hydrogens (tertiary/aromatic N) is 1. The summed E-state index contributed by atoms with van der Waals surface area (Å²) in [6.07, 6.45) is 3.29. The molecule has 0 aliphatic carbocycles. The van der Waals surface area contributed by atoms with E-state index >= 15 is 0 Å². The largest absolute Gasteiger partial charge is 0.339 e. The Balaban J connectivity index is 1.69. The summed E-state index contributed by atoms with van der Waals surface area (Å²) in [7, 11) is 0. The summed E-state index contributed by atoms with van der Waals surface area (Å²) < 4.78 is 0. The molecule has 4 nitrogen and oxygen atoms in total. The molecule has 0 aromatic heterocycles. The third-order valence-electron chi connectivity index (χ3n) is 4.21. The molecule has 1 heterocycles. The van der Waals surface area contributed by atoms with E-state index in [1.165, 1.54) is 12.5 Å². The molecule has 1 fully saturated rings. The second-order valence-electron chi connectivity index (χ2n) is 6.01. The van der Waals surface area contributed by atoms with Crippen molar-refractivity contribution in [3.63, 3.8) is 0 Å². The standard InChI is InChI=1S/C19H18Cl2N2O2/c20-14-6-9-17(21)16(12-14)18(24)22-15-7-4-13(5-8-15)19(25)23-10-2-1-3-11-23/h4-9,12H,1-3,10-11H2,(H,22,24). The number of nitrogens with one attached hydrogen (secondary N) is 1. The lowest BCUT2D eigenvalue weighted by Crippen LogP contribution is -2.35. The Morgan fingerprint density at radius 1 is 0.920 bits per heavy atom. The third-order valence-corrected chi connectivity index (χ3v) is 4.77. The van der Waals surface area contributed by atoms with Gasteiger partial charge in [-0.15, -0.1) is 0 Å². The molecule has 25 heavy (non-hydrogen) atoms. The zero-order chi connectivity index (χ0) is 17.8. The first-order valence-corrected chi connectivity index (χ1v) is 8.96. The molecule has 130 valence electrons. The lowest BCUT2D eigenvalue weighted by Gasteiger charge is -2.26. The molecule has 0 saturated carbocycles. The van der Waals surface area contributed by atoms with E-state index in [-0.39, 0.29) is 11.8 Å². The van der Waals surface area contributed by atoms with E-state index in [0.29, 0.717) is 26.9 Å². The molecule has 0 unspecified atom stereocenters. The fourth-order valence-corrected chi connectivity index (χ4v) is 3.22. The minimum Gasteiger partial charge on any atom is -0.339 e. The zero-order valence-electron chi connectivity index (χ0n) is 13.6. The summed E-state index contributed by atoms with van der Waals surface area (Å²) in [5, 5.41) is 3.54. The summed E-state index contributed by atoms with van der Waals surface area (Å²) in [4.78, 5) is 26.6. The minimum atomic E-state index is -0.345. The van der Waals surface area contributed by atoms with Gasteiger partial charge in [0.1, 0.15) is 0 Å². The Labute approximate surface area is 156 Å². The Kier molecular flexibility index (Phi) is 5.61. The minimum absolute atomic E-state index is 0.0375. The van der Waals surface area contributed by atoms with Gasteiger partial charge in [0, 0.05) is 29.4 Å². The molecule has 0 spiro atoms. The van der Waals surface area contributed by atoms with Crippen molar-refractivity contribution in [2.24, 2.45) is 0 Å². The molecule has 0 bridgehead atoms. The first-order chi connectivity index (χ1) is 12.0. The average molecular weight is 377 g/mol. The monoisotopic (exact) mass is 376 g/mol. The van der Waals surface area contributed by atoms with Gasteiger partial charge < -0.3 is 10.2 Å². The molecule has 0 radical (unpaired) electrons. The van der Waals surface area contributed by atoms with Gasteiger partial charge in [-0.2, -0.15) is 0 Å². The zero-order valence-corrected chi connectivity index (χ0v) is 15.1. The Bertz CT molecular complexity index is 785. The molecule has 2 amide bonds. The van der Waals surface area contributed by atoms with Gasteiger partial charge in [0.05, 0.1) is 10.6 Å². The quantitative estimate of drug-likeness (QED) is 0.830. The number of anilines is 1. The number of piperidine rings is 1. The van der Waals surface area contributed by atoms with Gasteiger partial charge in [-0.25, -0.2) is 0 Å². The van der Waals surface area contributed by atoms with E-state index in [9.17, 15) is 9.59 Å². The maximum absolute atomic E-state index is 12.4. The SMILES string of the molecule is O=C(Nc1ccc(C(=O)N2CCCCC2)cc1)c1cc(Cl)ccc1Cl. The number of likely N-dealkylation sites (tertiary alicyclic amines) is 1. The Hall–Kier alpha value is -2.04. The second kappa shape index (κ2) is 7.89. The van der Waals surface area contributed by atoms with Crippen molar-refractivity contribution in [3.05, 3.63) is 63.6 Å². The maximum Gasteiger partial charge on any atom is 0.257 e. The van der Waals surface area contributed by atoms with Gasteiger partial charge in [0.15, 0.2) is 0 Å². The predicted molar refractivity (Wildman–Crippen MR) is 101 cm³/mol. The summed E-state index contributed by atoms with van der Waals surface area (Å²) in [6.45, 7) is 1.62. The van der Waals surface area contributed by atoms with E-state index < -0.39 is 0 Å². The predicted octanol–water partition coefficient (Wildman–Crippen LogP) is 4.87. The van der Waals surface area contributed by atoms with Crippen LogP contribution < -0.4 is 5.32 Å². The van der Waals surface area contributed by atoms with Crippen LogP contribution in [0.3, 0.4) is 0 Å². The van der Waals surface area contributed by atoms with Crippen molar-refractivity contribution in [2.45, 2.75) is 19.3 Å². The van der Waals surface area contributed by atoms with Crippen LogP contribution in [0, 0.1) is 0 Å². The van der Waals surface area contributed by atoms with Gasteiger partial charge in [-0.05, 0) is 61.7 Å². The highest BCUT2D eigenvalue weighted by Gasteiger charge is 2.18. The molecular weight excluding hydrogens is 359 g/mol. The summed E-state index contributed by atoms with van der Waals surface area (Å²) in [6, 6.07) is 11.6. The Morgan fingerprint density at radius 3 is 2.28 bits per heavy atom. The number of hydrogen-bond acceptors (Lipinski definition) is 2. The number of benzene rings is 2. The number of amides is 2.